The van der Waals surface area contributed by atoms with Crippen LogP contribution in [0.25, 0.3) is 11.3 Å². The minimum Gasteiger partial charge on any atom is -0.451 e. The van der Waals surface area contributed by atoms with Crippen LogP contribution in [-0.2, 0) is 11.0 Å². The lowest BCUT2D eigenvalue weighted by molar-refractivity contribution is -0.137. The van der Waals surface area contributed by atoms with Crippen molar-refractivity contribution in [2.45, 2.75) is 26.9 Å². The molecule has 3 aromatic rings. The largest absolute Gasteiger partial charge is 0.451 e. The fourth-order valence-corrected chi connectivity index (χ4v) is 3.27. The number of rotatable bonds is 5. The fourth-order valence-electron chi connectivity index (χ4n) is 3.27. The maximum absolute atomic E-state index is 12.9. The number of benzene rings is 2. The van der Waals surface area contributed by atoms with Gasteiger partial charge in [-0.15, -0.1) is 0 Å². The number of nitrogens with one attached hydrogen (secondary N) is 2. The average Bonchev–Trinajstić information content (AvgIpc) is 3.19. The minimum atomic E-state index is -4.48. The van der Waals surface area contributed by atoms with Gasteiger partial charge in [-0.05, 0) is 56.2 Å². The van der Waals surface area contributed by atoms with Gasteiger partial charge >= 0.3 is 6.18 Å². The van der Waals surface area contributed by atoms with Crippen LogP contribution >= 0.6 is 0 Å². The molecular weight excluding hydrogens is 409 g/mol. The van der Waals surface area contributed by atoms with Crippen LogP contribution in [0.2, 0.25) is 0 Å². The van der Waals surface area contributed by atoms with Crippen LogP contribution in [0.3, 0.4) is 0 Å². The Balaban J connectivity index is 1.64. The van der Waals surface area contributed by atoms with E-state index < -0.39 is 23.6 Å². The summed E-state index contributed by atoms with van der Waals surface area (Å²) in [5, 5.41) is 5.22. The molecule has 0 unspecified atom stereocenters. The molecule has 8 heteroatoms. The molecule has 5 nitrogen and oxygen atoms in total. The molecule has 3 rings (SSSR count). The zero-order valence-electron chi connectivity index (χ0n) is 17.2. The number of furan rings is 1. The van der Waals surface area contributed by atoms with Crippen molar-refractivity contribution in [2.24, 2.45) is 0 Å². The summed E-state index contributed by atoms with van der Waals surface area (Å²) in [6.45, 7) is 5.44. The molecule has 0 fully saturated rings. The van der Waals surface area contributed by atoms with Crippen LogP contribution < -0.4 is 10.6 Å². The molecule has 0 atom stereocenters. The zero-order chi connectivity index (χ0) is 22.8. The zero-order valence-corrected chi connectivity index (χ0v) is 17.2. The van der Waals surface area contributed by atoms with Crippen molar-refractivity contribution in [3.8, 4) is 11.3 Å². The highest BCUT2D eigenvalue weighted by Crippen LogP contribution is 2.32. The number of halogens is 3. The van der Waals surface area contributed by atoms with Crippen molar-refractivity contribution in [2.75, 3.05) is 11.9 Å². The topological polar surface area (TPSA) is 71.3 Å². The Labute approximate surface area is 177 Å². The van der Waals surface area contributed by atoms with Gasteiger partial charge in [-0.25, -0.2) is 0 Å². The number of hydrogen-bond donors (Lipinski definition) is 2. The Morgan fingerprint density at radius 2 is 1.65 bits per heavy atom. The molecule has 0 bridgehead atoms. The highest BCUT2D eigenvalue weighted by Gasteiger charge is 2.30. The third-order valence-electron chi connectivity index (χ3n) is 4.66. The molecule has 0 saturated heterocycles. The van der Waals surface area contributed by atoms with E-state index in [0.29, 0.717) is 5.69 Å². The van der Waals surface area contributed by atoms with Crippen molar-refractivity contribution in [1.82, 2.24) is 5.32 Å². The SMILES string of the molecule is Cc1cc(C)c(NC(=O)CNC(=O)c2ccc(-c3cccc(C(F)(F)F)c3)o2)c(C)c1. The lowest BCUT2D eigenvalue weighted by atomic mass is 10.1. The summed E-state index contributed by atoms with van der Waals surface area (Å²) in [4.78, 5) is 24.5. The third-order valence-corrected chi connectivity index (χ3v) is 4.66. The second kappa shape index (κ2) is 8.67. The van der Waals surface area contributed by atoms with Crippen molar-refractivity contribution < 1.29 is 27.2 Å². The number of hydrogen-bond acceptors (Lipinski definition) is 3. The first-order chi connectivity index (χ1) is 14.5. The Morgan fingerprint density at radius 3 is 2.29 bits per heavy atom. The maximum Gasteiger partial charge on any atom is 0.416 e. The van der Waals surface area contributed by atoms with Crippen molar-refractivity contribution >= 4 is 17.5 Å². The highest BCUT2D eigenvalue weighted by molar-refractivity contribution is 5.99. The number of aryl methyl sites for hydroxylation is 3. The molecule has 0 aliphatic rings. The van der Waals surface area contributed by atoms with E-state index in [1.165, 1.54) is 24.3 Å². The Morgan fingerprint density at radius 1 is 0.968 bits per heavy atom. The molecule has 162 valence electrons. The Bertz CT molecular complexity index is 1110. The number of alkyl halides is 3. The van der Waals surface area contributed by atoms with E-state index in [1.54, 1.807) is 0 Å². The lowest BCUT2D eigenvalue weighted by Gasteiger charge is -2.13. The average molecular weight is 430 g/mol. The molecule has 0 aliphatic carbocycles. The van der Waals surface area contributed by atoms with Gasteiger partial charge in [0.25, 0.3) is 5.91 Å². The van der Waals surface area contributed by atoms with E-state index in [1.807, 2.05) is 32.9 Å². The van der Waals surface area contributed by atoms with Crippen LogP contribution in [0.1, 0.15) is 32.8 Å². The number of amides is 2. The van der Waals surface area contributed by atoms with Crippen LogP contribution in [0.5, 0.6) is 0 Å². The minimum absolute atomic E-state index is 0.108. The van der Waals surface area contributed by atoms with E-state index in [-0.39, 0.29) is 23.6 Å². The van der Waals surface area contributed by atoms with Crippen molar-refractivity contribution in [3.05, 3.63) is 76.5 Å². The molecule has 2 N–H and O–H groups in total. The highest BCUT2D eigenvalue weighted by atomic mass is 19.4. The fraction of sp³-hybridized carbons (Fsp3) is 0.217. The van der Waals surface area contributed by atoms with E-state index >= 15 is 0 Å². The van der Waals surface area contributed by atoms with E-state index in [2.05, 4.69) is 10.6 Å². The van der Waals surface area contributed by atoms with Gasteiger partial charge in [0.2, 0.25) is 5.91 Å². The first-order valence-corrected chi connectivity index (χ1v) is 9.48. The molecule has 2 amide bonds. The van der Waals surface area contributed by atoms with Crippen LogP contribution in [0, 0.1) is 20.8 Å². The number of carbonyl (C=O) groups is 2. The standard InChI is InChI=1S/C23H21F3N2O3/c1-13-9-14(2)21(15(3)10-13)28-20(29)12-27-22(30)19-8-7-18(31-19)16-5-4-6-17(11-16)23(24,25)26/h4-11H,12H2,1-3H3,(H,27,30)(H,28,29). The predicted octanol–water partition coefficient (Wildman–Crippen LogP) is 5.26. The first-order valence-electron chi connectivity index (χ1n) is 9.48. The molecule has 0 radical (unpaired) electrons. The molecular formula is C23H21F3N2O3. The molecule has 2 aromatic carbocycles. The van der Waals surface area contributed by atoms with Gasteiger partial charge in [0.1, 0.15) is 5.76 Å². The van der Waals surface area contributed by atoms with Gasteiger partial charge in [0, 0.05) is 11.3 Å². The summed E-state index contributed by atoms with van der Waals surface area (Å²) in [5.41, 5.74) is 2.97. The second-order valence-corrected chi connectivity index (χ2v) is 7.25. The molecule has 1 aromatic heterocycles. The number of carbonyl (C=O) groups excluding carboxylic acids is 2. The van der Waals surface area contributed by atoms with Crippen molar-refractivity contribution in [1.29, 1.82) is 0 Å². The molecule has 0 saturated carbocycles. The van der Waals surface area contributed by atoms with Gasteiger partial charge in [-0.1, -0.05) is 29.8 Å². The third kappa shape index (κ3) is 5.33. The van der Waals surface area contributed by atoms with Gasteiger partial charge in [-0.3, -0.25) is 9.59 Å². The van der Waals surface area contributed by atoms with E-state index in [4.69, 9.17) is 4.42 Å². The molecule has 0 aliphatic heterocycles. The Kier molecular flexibility index (Phi) is 6.19. The predicted molar refractivity (Wildman–Crippen MR) is 111 cm³/mol. The normalized spacial score (nSPS) is 11.3. The summed E-state index contributed by atoms with van der Waals surface area (Å²) in [7, 11) is 0. The summed E-state index contributed by atoms with van der Waals surface area (Å²) in [5.74, 6) is -1.05. The van der Waals surface area contributed by atoms with Crippen LogP contribution in [0.15, 0.2) is 52.9 Å². The summed E-state index contributed by atoms with van der Waals surface area (Å²) in [6.07, 6.45) is -4.48. The van der Waals surface area contributed by atoms with Crippen LogP contribution in [-0.4, -0.2) is 18.4 Å². The smallest absolute Gasteiger partial charge is 0.416 e. The summed E-state index contributed by atoms with van der Waals surface area (Å²) < 4.78 is 44.0. The van der Waals surface area contributed by atoms with Gasteiger partial charge < -0.3 is 15.1 Å². The molecule has 31 heavy (non-hydrogen) atoms. The second-order valence-electron chi connectivity index (χ2n) is 7.25. The lowest BCUT2D eigenvalue weighted by Crippen LogP contribution is -2.33. The summed E-state index contributed by atoms with van der Waals surface area (Å²) in [6, 6.07) is 11.3. The van der Waals surface area contributed by atoms with Crippen LogP contribution in [0.4, 0.5) is 18.9 Å². The molecule has 1 heterocycles. The van der Waals surface area contributed by atoms with Gasteiger partial charge in [0.15, 0.2) is 5.76 Å². The van der Waals surface area contributed by atoms with E-state index in [9.17, 15) is 22.8 Å². The van der Waals surface area contributed by atoms with E-state index in [0.717, 1.165) is 28.8 Å². The molecule has 0 spiro atoms. The maximum atomic E-state index is 12.9. The number of anilines is 1. The Hall–Kier alpha value is -3.55. The monoisotopic (exact) mass is 430 g/mol. The van der Waals surface area contributed by atoms with Crippen molar-refractivity contribution in [3.63, 3.8) is 0 Å². The van der Waals surface area contributed by atoms with Gasteiger partial charge in [0.05, 0.1) is 12.1 Å². The van der Waals surface area contributed by atoms with Gasteiger partial charge in [-0.2, -0.15) is 13.2 Å². The quantitative estimate of drug-likeness (QED) is 0.580. The summed E-state index contributed by atoms with van der Waals surface area (Å²) >= 11 is 0. The first kappa shape index (κ1) is 22.1.